The summed E-state index contributed by atoms with van der Waals surface area (Å²) >= 11 is 0. The van der Waals surface area contributed by atoms with E-state index in [1.807, 2.05) is 13.8 Å². The summed E-state index contributed by atoms with van der Waals surface area (Å²) in [5.74, 6) is -1.84. The Morgan fingerprint density at radius 3 is 2.00 bits per heavy atom. The molecule has 0 spiro atoms. The number of rotatable bonds is 11. The number of hydrogen-bond donors (Lipinski definition) is 3. The van der Waals surface area contributed by atoms with E-state index in [-0.39, 0.29) is 25.7 Å². The lowest BCUT2D eigenvalue weighted by Gasteiger charge is -2.32. The Labute approximate surface area is 113 Å². The van der Waals surface area contributed by atoms with E-state index in [1.54, 1.807) is 9.80 Å². The van der Waals surface area contributed by atoms with Gasteiger partial charge in [0, 0.05) is 19.2 Å². The van der Waals surface area contributed by atoms with Gasteiger partial charge in [-0.25, -0.2) is 0 Å². The molecular weight excluding hydrogens is 252 g/mol. The molecule has 0 aliphatic rings. The van der Waals surface area contributed by atoms with Gasteiger partial charge >= 0.3 is 11.9 Å². The molecule has 0 heterocycles. The maximum Gasteiger partial charge on any atom is 0.317 e. The molecule has 0 aromatic rings. The summed E-state index contributed by atoms with van der Waals surface area (Å²) in [6, 6.07) is -0.162. The van der Waals surface area contributed by atoms with Gasteiger partial charge in [-0.15, -0.1) is 0 Å². The molecule has 19 heavy (non-hydrogen) atoms. The standard InChI is InChI=1S/C12H24N2O5/c1-3-13(8-11(16)17)7-10(5-6-15)14(4-2)9-12(18)19/h10,15H,3-9H2,1-2H3,(H,16,17)(H,18,19). The van der Waals surface area contributed by atoms with E-state index in [4.69, 9.17) is 15.3 Å². The van der Waals surface area contributed by atoms with E-state index in [0.29, 0.717) is 26.1 Å². The lowest BCUT2D eigenvalue weighted by molar-refractivity contribution is -0.141. The summed E-state index contributed by atoms with van der Waals surface area (Å²) in [6.07, 6.45) is 0.428. The summed E-state index contributed by atoms with van der Waals surface area (Å²) in [5.41, 5.74) is 0. The van der Waals surface area contributed by atoms with Crippen LogP contribution in [-0.4, -0.2) is 82.4 Å². The summed E-state index contributed by atoms with van der Waals surface area (Å²) in [6.45, 7) is 5.01. The average Bonchev–Trinajstić information content (AvgIpc) is 2.33. The van der Waals surface area contributed by atoms with Crippen LogP contribution in [0.3, 0.4) is 0 Å². The highest BCUT2D eigenvalue weighted by molar-refractivity contribution is 5.69. The molecular formula is C12H24N2O5. The Morgan fingerprint density at radius 2 is 1.63 bits per heavy atom. The highest BCUT2D eigenvalue weighted by atomic mass is 16.4. The molecule has 3 N–H and O–H groups in total. The highest BCUT2D eigenvalue weighted by Crippen LogP contribution is 2.07. The van der Waals surface area contributed by atoms with Gasteiger partial charge in [-0.05, 0) is 19.5 Å². The van der Waals surface area contributed by atoms with Crippen LogP contribution in [0, 0.1) is 0 Å². The van der Waals surface area contributed by atoms with E-state index >= 15 is 0 Å². The second kappa shape index (κ2) is 9.71. The van der Waals surface area contributed by atoms with Crippen LogP contribution >= 0.6 is 0 Å². The van der Waals surface area contributed by atoms with E-state index in [1.165, 1.54) is 0 Å². The van der Waals surface area contributed by atoms with Gasteiger partial charge in [0.1, 0.15) is 0 Å². The Kier molecular flexibility index (Phi) is 9.11. The smallest absolute Gasteiger partial charge is 0.317 e. The normalized spacial score (nSPS) is 12.9. The van der Waals surface area contributed by atoms with Gasteiger partial charge in [0.05, 0.1) is 13.1 Å². The maximum absolute atomic E-state index is 10.8. The lowest BCUT2D eigenvalue weighted by Crippen LogP contribution is -2.47. The molecule has 0 fully saturated rings. The number of carbonyl (C=O) groups is 2. The van der Waals surface area contributed by atoms with Crippen molar-refractivity contribution >= 4 is 11.9 Å². The number of carboxylic acid groups (broad SMARTS) is 2. The zero-order valence-corrected chi connectivity index (χ0v) is 11.6. The first-order chi connectivity index (χ1) is 8.94. The predicted octanol–water partition coefficient (Wildman–Crippen LogP) is -0.450. The second-order valence-corrected chi connectivity index (χ2v) is 4.34. The molecule has 1 atom stereocenters. The number of nitrogens with zero attached hydrogens (tertiary/aromatic N) is 2. The molecule has 0 saturated heterocycles. The largest absolute Gasteiger partial charge is 0.480 e. The first-order valence-electron chi connectivity index (χ1n) is 6.45. The van der Waals surface area contributed by atoms with Crippen molar-refractivity contribution in [1.82, 2.24) is 9.80 Å². The minimum atomic E-state index is -0.925. The van der Waals surface area contributed by atoms with Crippen LogP contribution in [0.2, 0.25) is 0 Å². The Morgan fingerprint density at radius 1 is 1.05 bits per heavy atom. The van der Waals surface area contributed by atoms with Gasteiger partial charge in [-0.3, -0.25) is 19.4 Å². The van der Waals surface area contributed by atoms with Crippen LogP contribution < -0.4 is 0 Å². The van der Waals surface area contributed by atoms with Crippen LogP contribution in [-0.2, 0) is 9.59 Å². The third-order valence-corrected chi connectivity index (χ3v) is 3.00. The number of aliphatic carboxylic acids is 2. The van der Waals surface area contributed by atoms with Crippen LogP contribution in [0.1, 0.15) is 20.3 Å². The van der Waals surface area contributed by atoms with Crippen LogP contribution in [0.5, 0.6) is 0 Å². The van der Waals surface area contributed by atoms with E-state index in [9.17, 15) is 9.59 Å². The van der Waals surface area contributed by atoms with Crippen molar-refractivity contribution in [2.24, 2.45) is 0 Å². The van der Waals surface area contributed by atoms with Crippen molar-refractivity contribution in [3.8, 4) is 0 Å². The first-order valence-corrected chi connectivity index (χ1v) is 6.45. The molecule has 112 valence electrons. The minimum Gasteiger partial charge on any atom is -0.480 e. The molecule has 0 radical (unpaired) electrons. The Hall–Kier alpha value is -1.18. The molecule has 7 nitrogen and oxygen atoms in total. The second-order valence-electron chi connectivity index (χ2n) is 4.34. The van der Waals surface area contributed by atoms with E-state index in [2.05, 4.69) is 0 Å². The number of carboxylic acids is 2. The summed E-state index contributed by atoms with van der Waals surface area (Å²) < 4.78 is 0. The molecule has 1 unspecified atom stereocenters. The fourth-order valence-corrected chi connectivity index (χ4v) is 2.01. The maximum atomic E-state index is 10.8. The first kappa shape index (κ1) is 17.8. The van der Waals surface area contributed by atoms with Crippen molar-refractivity contribution in [1.29, 1.82) is 0 Å². The third kappa shape index (κ3) is 7.76. The fraction of sp³-hybridized carbons (Fsp3) is 0.833. The number of hydrogen-bond acceptors (Lipinski definition) is 5. The molecule has 7 heteroatoms. The molecule has 0 saturated carbocycles. The summed E-state index contributed by atoms with van der Waals surface area (Å²) in [5, 5.41) is 26.7. The zero-order valence-electron chi connectivity index (χ0n) is 11.6. The highest BCUT2D eigenvalue weighted by Gasteiger charge is 2.22. The van der Waals surface area contributed by atoms with Crippen molar-refractivity contribution in [3.05, 3.63) is 0 Å². The SMILES string of the molecule is CCN(CC(=O)O)CC(CCO)N(CC)CC(=O)O. The number of aliphatic hydroxyl groups excluding tert-OH is 1. The molecule has 0 aromatic heterocycles. The Balaban J connectivity index is 4.66. The number of likely N-dealkylation sites (N-methyl/N-ethyl adjacent to an activating group) is 2. The van der Waals surface area contributed by atoms with Crippen molar-refractivity contribution in [2.75, 3.05) is 39.3 Å². The third-order valence-electron chi connectivity index (χ3n) is 3.00. The van der Waals surface area contributed by atoms with Gasteiger partial charge in [-0.2, -0.15) is 0 Å². The molecule has 0 bridgehead atoms. The number of aliphatic hydroxyl groups is 1. The van der Waals surface area contributed by atoms with Gasteiger partial charge in [-0.1, -0.05) is 13.8 Å². The van der Waals surface area contributed by atoms with Crippen LogP contribution in [0.4, 0.5) is 0 Å². The van der Waals surface area contributed by atoms with Crippen LogP contribution in [0.25, 0.3) is 0 Å². The molecule has 0 rings (SSSR count). The van der Waals surface area contributed by atoms with Gasteiger partial charge in [0.15, 0.2) is 0 Å². The minimum absolute atomic E-state index is 0.0502. The van der Waals surface area contributed by atoms with Gasteiger partial charge < -0.3 is 15.3 Å². The zero-order chi connectivity index (χ0) is 14.8. The fourth-order valence-electron chi connectivity index (χ4n) is 2.01. The Bertz CT molecular complexity index is 285. The summed E-state index contributed by atoms with van der Waals surface area (Å²) in [7, 11) is 0. The van der Waals surface area contributed by atoms with Crippen molar-refractivity contribution < 1.29 is 24.9 Å². The monoisotopic (exact) mass is 276 g/mol. The quantitative estimate of drug-likeness (QED) is 0.470. The molecule has 0 aromatic carbocycles. The lowest BCUT2D eigenvalue weighted by atomic mass is 10.1. The topological polar surface area (TPSA) is 101 Å². The molecule has 0 aliphatic carbocycles. The van der Waals surface area contributed by atoms with E-state index in [0.717, 1.165) is 0 Å². The molecule has 0 amide bonds. The van der Waals surface area contributed by atoms with Gasteiger partial charge in [0.25, 0.3) is 0 Å². The summed E-state index contributed by atoms with van der Waals surface area (Å²) in [4.78, 5) is 25.0. The van der Waals surface area contributed by atoms with Crippen molar-refractivity contribution in [3.63, 3.8) is 0 Å². The molecule has 0 aliphatic heterocycles. The van der Waals surface area contributed by atoms with E-state index < -0.39 is 11.9 Å². The predicted molar refractivity (Wildman–Crippen MR) is 70.1 cm³/mol. The van der Waals surface area contributed by atoms with Crippen LogP contribution in [0.15, 0.2) is 0 Å². The average molecular weight is 276 g/mol. The van der Waals surface area contributed by atoms with Crippen molar-refractivity contribution in [2.45, 2.75) is 26.3 Å². The van der Waals surface area contributed by atoms with Gasteiger partial charge in [0.2, 0.25) is 0 Å².